The van der Waals surface area contributed by atoms with Gasteiger partial charge in [-0.2, -0.15) is 0 Å². The number of hydrogen-bond acceptors (Lipinski definition) is 2. The Morgan fingerprint density at radius 3 is 2.62 bits per heavy atom. The number of amides is 1. The zero-order valence-electron chi connectivity index (χ0n) is 10.8. The lowest BCUT2D eigenvalue weighted by atomic mass is 10.1. The van der Waals surface area contributed by atoms with E-state index >= 15 is 0 Å². The summed E-state index contributed by atoms with van der Waals surface area (Å²) in [5.74, 6) is 2.82. The van der Waals surface area contributed by atoms with Crippen LogP contribution in [0.15, 0.2) is 0 Å². The molecule has 1 saturated heterocycles. The normalized spacial score (nSPS) is 33.5. The van der Waals surface area contributed by atoms with Crippen molar-refractivity contribution in [3.8, 4) is 0 Å². The van der Waals surface area contributed by atoms with E-state index in [0.29, 0.717) is 5.92 Å². The van der Waals surface area contributed by atoms with Crippen molar-refractivity contribution >= 4 is 5.91 Å². The highest BCUT2D eigenvalue weighted by Crippen LogP contribution is 2.38. The molecule has 16 heavy (non-hydrogen) atoms. The van der Waals surface area contributed by atoms with Gasteiger partial charge in [0, 0.05) is 33.1 Å². The van der Waals surface area contributed by atoms with E-state index in [1.165, 1.54) is 19.4 Å². The molecule has 1 heterocycles. The van der Waals surface area contributed by atoms with Gasteiger partial charge in [-0.15, -0.1) is 0 Å². The molecule has 2 aliphatic rings. The first-order chi connectivity index (χ1) is 7.56. The van der Waals surface area contributed by atoms with Gasteiger partial charge in [-0.3, -0.25) is 4.79 Å². The van der Waals surface area contributed by atoms with Gasteiger partial charge >= 0.3 is 0 Å². The standard InChI is InChI=1S/C13H24N2O/c1-10-6-13(10)9-14(3)7-12-4-5-15(8-12)11(2)16/h10,12-13H,4-9H2,1-3H3/t10-,12+,13-/m0/s1. The van der Waals surface area contributed by atoms with Crippen LogP contribution < -0.4 is 0 Å². The number of hydrogen-bond donors (Lipinski definition) is 0. The van der Waals surface area contributed by atoms with Gasteiger partial charge in [-0.05, 0) is 37.6 Å². The van der Waals surface area contributed by atoms with Gasteiger partial charge in [0.25, 0.3) is 0 Å². The highest BCUT2D eigenvalue weighted by Gasteiger charge is 2.34. The Balaban J connectivity index is 1.68. The van der Waals surface area contributed by atoms with E-state index in [4.69, 9.17) is 0 Å². The van der Waals surface area contributed by atoms with Gasteiger partial charge in [0.2, 0.25) is 5.91 Å². The minimum Gasteiger partial charge on any atom is -0.343 e. The molecule has 92 valence electrons. The third kappa shape index (κ3) is 2.97. The van der Waals surface area contributed by atoms with Crippen LogP contribution in [0.1, 0.15) is 26.7 Å². The van der Waals surface area contributed by atoms with Crippen LogP contribution in [0.3, 0.4) is 0 Å². The van der Waals surface area contributed by atoms with Gasteiger partial charge in [0.15, 0.2) is 0 Å². The van der Waals surface area contributed by atoms with Crippen LogP contribution in [0.4, 0.5) is 0 Å². The SMILES string of the molecule is CC(=O)N1CC[C@H](CN(C)C[C@@H]2C[C@@H]2C)C1. The summed E-state index contributed by atoms with van der Waals surface area (Å²) in [6.07, 6.45) is 2.60. The molecule has 0 aromatic carbocycles. The van der Waals surface area contributed by atoms with Gasteiger partial charge in [-0.1, -0.05) is 6.92 Å². The monoisotopic (exact) mass is 224 g/mol. The first-order valence-corrected chi connectivity index (χ1v) is 6.50. The average Bonchev–Trinajstić information content (AvgIpc) is 2.72. The van der Waals surface area contributed by atoms with Crippen LogP contribution in [0, 0.1) is 17.8 Å². The lowest BCUT2D eigenvalue weighted by Crippen LogP contribution is -2.31. The van der Waals surface area contributed by atoms with E-state index in [1.807, 2.05) is 4.90 Å². The lowest BCUT2D eigenvalue weighted by Gasteiger charge is -2.21. The number of carbonyl (C=O) groups is 1. The highest BCUT2D eigenvalue weighted by atomic mass is 16.2. The molecule has 0 bridgehead atoms. The Morgan fingerprint density at radius 2 is 2.12 bits per heavy atom. The van der Waals surface area contributed by atoms with E-state index < -0.39 is 0 Å². The topological polar surface area (TPSA) is 23.6 Å². The summed E-state index contributed by atoms with van der Waals surface area (Å²) in [4.78, 5) is 15.7. The third-order valence-corrected chi connectivity index (χ3v) is 4.12. The first-order valence-electron chi connectivity index (χ1n) is 6.50. The molecule has 3 nitrogen and oxygen atoms in total. The van der Waals surface area contributed by atoms with Crippen molar-refractivity contribution < 1.29 is 4.79 Å². The lowest BCUT2D eigenvalue weighted by molar-refractivity contribution is -0.127. The summed E-state index contributed by atoms with van der Waals surface area (Å²) in [7, 11) is 2.22. The van der Waals surface area contributed by atoms with Crippen LogP contribution in [0.2, 0.25) is 0 Å². The Labute approximate surface area is 98.8 Å². The molecule has 0 N–H and O–H groups in total. The summed E-state index contributed by atoms with van der Waals surface area (Å²) in [5, 5.41) is 0. The van der Waals surface area contributed by atoms with Crippen molar-refractivity contribution in [2.75, 3.05) is 33.2 Å². The van der Waals surface area contributed by atoms with Crippen molar-refractivity contribution in [3.05, 3.63) is 0 Å². The van der Waals surface area contributed by atoms with Gasteiger partial charge < -0.3 is 9.80 Å². The predicted octanol–water partition coefficient (Wildman–Crippen LogP) is 1.44. The van der Waals surface area contributed by atoms with E-state index in [9.17, 15) is 4.79 Å². The number of rotatable bonds is 4. The molecule has 1 saturated carbocycles. The second-order valence-electron chi connectivity index (χ2n) is 5.81. The third-order valence-electron chi connectivity index (χ3n) is 4.12. The van der Waals surface area contributed by atoms with Crippen molar-refractivity contribution in [2.45, 2.75) is 26.7 Å². The van der Waals surface area contributed by atoms with Crippen molar-refractivity contribution in [1.82, 2.24) is 9.80 Å². The van der Waals surface area contributed by atoms with Crippen LogP contribution in [0.25, 0.3) is 0 Å². The maximum absolute atomic E-state index is 11.2. The van der Waals surface area contributed by atoms with E-state index in [1.54, 1.807) is 6.92 Å². The Hall–Kier alpha value is -0.570. The zero-order chi connectivity index (χ0) is 11.7. The number of nitrogens with zero attached hydrogens (tertiary/aromatic N) is 2. The van der Waals surface area contributed by atoms with Crippen LogP contribution in [-0.2, 0) is 4.79 Å². The average molecular weight is 224 g/mol. The summed E-state index contributed by atoms with van der Waals surface area (Å²) in [6, 6.07) is 0. The number of likely N-dealkylation sites (tertiary alicyclic amines) is 1. The number of carbonyl (C=O) groups excluding carboxylic acids is 1. The second kappa shape index (κ2) is 4.74. The van der Waals surface area contributed by atoms with Crippen molar-refractivity contribution in [3.63, 3.8) is 0 Å². The van der Waals surface area contributed by atoms with Crippen molar-refractivity contribution in [1.29, 1.82) is 0 Å². The van der Waals surface area contributed by atoms with Gasteiger partial charge in [-0.25, -0.2) is 0 Å². The van der Waals surface area contributed by atoms with Gasteiger partial charge in [0.05, 0.1) is 0 Å². The van der Waals surface area contributed by atoms with E-state index in [0.717, 1.165) is 31.5 Å². The molecule has 0 unspecified atom stereocenters. The minimum atomic E-state index is 0.237. The summed E-state index contributed by atoms with van der Waals surface area (Å²) in [5.41, 5.74) is 0. The van der Waals surface area contributed by atoms with Crippen LogP contribution >= 0.6 is 0 Å². The Kier molecular flexibility index (Phi) is 3.53. The summed E-state index contributed by atoms with van der Waals surface area (Å²) >= 11 is 0. The van der Waals surface area contributed by atoms with Gasteiger partial charge in [0.1, 0.15) is 0 Å². The smallest absolute Gasteiger partial charge is 0.219 e. The molecule has 3 heteroatoms. The maximum atomic E-state index is 11.2. The fourth-order valence-corrected chi connectivity index (χ4v) is 2.84. The fourth-order valence-electron chi connectivity index (χ4n) is 2.84. The molecule has 0 radical (unpaired) electrons. The quantitative estimate of drug-likeness (QED) is 0.721. The van der Waals surface area contributed by atoms with Crippen LogP contribution in [-0.4, -0.2) is 48.9 Å². The zero-order valence-corrected chi connectivity index (χ0v) is 10.8. The Morgan fingerprint density at radius 1 is 1.44 bits per heavy atom. The molecule has 1 aliphatic heterocycles. The molecule has 0 spiro atoms. The van der Waals surface area contributed by atoms with Crippen LogP contribution in [0.5, 0.6) is 0 Å². The molecular weight excluding hydrogens is 200 g/mol. The first kappa shape index (κ1) is 11.9. The molecule has 1 aliphatic carbocycles. The molecule has 0 aromatic heterocycles. The minimum absolute atomic E-state index is 0.237. The highest BCUT2D eigenvalue weighted by molar-refractivity contribution is 5.73. The maximum Gasteiger partial charge on any atom is 0.219 e. The molecular formula is C13H24N2O. The van der Waals surface area contributed by atoms with E-state index in [-0.39, 0.29) is 5.91 Å². The summed E-state index contributed by atoms with van der Waals surface area (Å²) < 4.78 is 0. The predicted molar refractivity (Wildman–Crippen MR) is 65.1 cm³/mol. The Bertz CT molecular complexity index is 267. The van der Waals surface area contributed by atoms with E-state index in [2.05, 4.69) is 18.9 Å². The largest absolute Gasteiger partial charge is 0.343 e. The molecule has 2 fully saturated rings. The molecule has 0 aromatic rings. The summed E-state index contributed by atoms with van der Waals surface area (Å²) in [6.45, 7) is 8.36. The molecule has 3 atom stereocenters. The fraction of sp³-hybridized carbons (Fsp3) is 0.923. The second-order valence-corrected chi connectivity index (χ2v) is 5.81. The van der Waals surface area contributed by atoms with Crippen molar-refractivity contribution in [2.24, 2.45) is 17.8 Å². The molecule has 2 rings (SSSR count). The molecule has 1 amide bonds.